The summed E-state index contributed by atoms with van der Waals surface area (Å²) in [5.74, 6) is 6.67. The van der Waals surface area contributed by atoms with Crippen LogP contribution >= 0.6 is 23.1 Å². The zero-order valence-corrected chi connectivity index (χ0v) is 18.6. The minimum Gasteiger partial charge on any atom is -0.465 e. The molecule has 1 amide bonds. The molecule has 9 nitrogen and oxygen atoms in total. The minimum absolute atomic E-state index is 0.0977. The van der Waals surface area contributed by atoms with Gasteiger partial charge in [-0.2, -0.15) is 0 Å². The maximum atomic E-state index is 12.6. The van der Waals surface area contributed by atoms with Crippen LogP contribution in [0, 0.1) is 5.92 Å². The van der Waals surface area contributed by atoms with Crippen LogP contribution in [0.3, 0.4) is 0 Å². The number of ether oxygens (including phenoxy) is 2. The van der Waals surface area contributed by atoms with E-state index < -0.39 is 5.97 Å². The highest BCUT2D eigenvalue weighted by molar-refractivity contribution is 7.99. The number of esters is 1. The van der Waals surface area contributed by atoms with Gasteiger partial charge in [-0.3, -0.25) is 4.79 Å². The fraction of sp³-hybridized carbons (Fsp3) is 0.579. The predicted molar refractivity (Wildman–Crippen MR) is 114 cm³/mol. The average Bonchev–Trinajstić information content (AvgIpc) is 3.44. The van der Waals surface area contributed by atoms with Gasteiger partial charge in [-0.05, 0) is 43.6 Å². The van der Waals surface area contributed by atoms with Crippen molar-refractivity contribution in [3.05, 3.63) is 21.8 Å². The highest BCUT2D eigenvalue weighted by Gasteiger charge is 2.29. The topological polar surface area (TPSA) is 121 Å². The summed E-state index contributed by atoms with van der Waals surface area (Å²) in [6.45, 7) is 2.89. The van der Waals surface area contributed by atoms with E-state index in [1.54, 1.807) is 0 Å². The molecular weight excluding hydrogens is 426 g/mol. The molecule has 1 fully saturated rings. The van der Waals surface area contributed by atoms with Crippen molar-refractivity contribution in [1.29, 1.82) is 0 Å². The van der Waals surface area contributed by atoms with E-state index in [1.165, 1.54) is 34.9 Å². The maximum Gasteiger partial charge on any atom is 0.341 e. The summed E-state index contributed by atoms with van der Waals surface area (Å²) in [5.41, 5.74) is 1.50. The first kappa shape index (κ1) is 21.1. The van der Waals surface area contributed by atoms with Crippen molar-refractivity contribution in [2.45, 2.75) is 50.3 Å². The van der Waals surface area contributed by atoms with Crippen molar-refractivity contribution in [2.24, 2.45) is 5.92 Å². The van der Waals surface area contributed by atoms with Gasteiger partial charge in [-0.1, -0.05) is 18.7 Å². The van der Waals surface area contributed by atoms with Gasteiger partial charge in [0, 0.05) is 11.5 Å². The Morgan fingerprint density at radius 1 is 1.40 bits per heavy atom. The van der Waals surface area contributed by atoms with E-state index in [4.69, 9.17) is 15.3 Å². The lowest BCUT2D eigenvalue weighted by Gasteiger charge is -2.18. The van der Waals surface area contributed by atoms with Crippen LogP contribution in [-0.4, -0.2) is 46.2 Å². The molecule has 3 N–H and O–H groups in total. The number of carbonyl (C=O) groups is 2. The van der Waals surface area contributed by atoms with Gasteiger partial charge in [-0.25, -0.2) is 9.47 Å². The molecule has 0 aromatic carbocycles. The zero-order valence-electron chi connectivity index (χ0n) is 17.0. The molecule has 0 unspecified atom stereocenters. The molecule has 4 rings (SSSR count). The van der Waals surface area contributed by atoms with Crippen molar-refractivity contribution in [3.8, 4) is 0 Å². The molecule has 30 heavy (non-hydrogen) atoms. The lowest BCUT2D eigenvalue weighted by Crippen LogP contribution is -2.19. The summed E-state index contributed by atoms with van der Waals surface area (Å²) < 4.78 is 12.0. The Kier molecular flexibility index (Phi) is 6.30. The number of thiophene rings is 1. The van der Waals surface area contributed by atoms with Crippen LogP contribution in [-0.2, 0) is 27.1 Å². The number of amides is 1. The fourth-order valence-corrected chi connectivity index (χ4v) is 5.92. The van der Waals surface area contributed by atoms with Crippen molar-refractivity contribution in [1.82, 2.24) is 14.9 Å². The van der Waals surface area contributed by atoms with E-state index in [0.29, 0.717) is 34.1 Å². The van der Waals surface area contributed by atoms with Crippen LogP contribution in [0.2, 0.25) is 0 Å². The Morgan fingerprint density at radius 2 is 2.23 bits per heavy atom. The summed E-state index contributed by atoms with van der Waals surface area (Å²) in [7, 11) is 1.36. The van der Waals surface area contributed by atoms with Gasteiger partial charge in [0.1, 0.15) is 11.1 Å². The second kappa shape index (κ2) is 8.94. The Bertz CT molecular complexity index is 951. The molecule has 1 saturated heterocycles. The summed E-state index contributed by atoms with van der Waals surface area (Å²) >= 11 is 2.66. The summed E-state index contributed by atoms with van der Waals surface area (Å²) in [6.07, 6.45) is 4.44. The van der Waals surface area contributed by atoms with Crippen molar-refractivity contribution < 1.29 is 19.1 Å². The van der Waals surface area contributed by atoms with Crippen molar-refractivity contribution >= 4 is 40.0 Å². The second-order valence-corrected chi connectivity index (χ2v) is 9.64. The number of aromatic nitrogens is 3. The Morgan fingerprint density at radius 3 is 2.97 bits per heavy atom. The summed E-state index contributed by atoms with van der Waals surface area (Å²) in [6, 6.07) is 0. The van der Waals surface area contributed by atoms with Crippen LogP contribution < -0.4 is 11.2 Å². The Balaban J connectivity index is 1.44. The normalized spacial score (nSPS) is 20.7. The summed E-state index contributed by atoms with van der Waals surface area (Å²) in [5, 5.41) is 12.1. The number of rotatable bonds is 6. The van der Waals surface area contributed by atoms with Crippen LogP contribution in [0.15, 0.2) is 5.16 Å². The van der Waals surface area contributed by atoms with Gasteiger partial charge in [0.25, 0.3) is 0 Å². The first-order chi connectivity index (χ1) is 14.5. The smallest absolute Gasteiger partial charge is 0.341 e. The Labute approximate surface area is 182 Å². The molecule has 0 saturated carbocycles. The molecule has 0 spiro atoms. The van der Waals surface area contributed by atoms with E-state index >= 15 is 0 Å². The molecule has 3 heterocycles. The highest BCUT2D eigenvalue weighted by atomic mass is 32.2. The van der Waals surface area contributed by atoms with Crippen LogP contribution in [0.5, 0.6) is 0 Å². The fourth-order valence-electron chi connectivity index (χ4n) is 3.84. The Hall–Kier alpha value is -2.11. The highest BCUT2D eigenvalue weighted by Crippen LogP contribution is 2.40. The number of nitrogens with one attached hydrogen (secondary N) is 1. The largest absolute Gasteiger partial charge is 0.465 e. The van der Waals surface area contributed by atoms with Crippen molar-refractivity contribution in [2.75, 3.05) is 30.6 Å². The molecular formula is C19H25N5O4S2. The van der Waals surface area contributed by atoms with Gasteiger partial charge in [0.2, 0.25) is 11.1 Å². The van der Waals surface area contributed by atoms with Gasteiger partial charge in [-0.15, -0.1) is 21.5 Å². The molecule has 2 aliphatic rings. The lowest BCUT2D eigenvalue weighted by molar-refractivity contribution is -0.113. The molecule has 2 aromatic rings. The zero-order chi connectivity index (χ0) is 21.3. The van der Waals surface area contributed by atoms with Gasteiger partial charge >= 0.3 is 5.97 Å². The maximum absolute atomic E-state index is 12.6. The van der Waals surface area contributed by atoms with Gasteiger partial charge in [0.05, 0.1) is 18.4 Å². The number of fused-ring (bicyclic) bond motifs is 1. The summed E-state index contributed by atoms with van der Waals surface area (Å²) in [4.78, 5) is 26.1. The van der Waals surface area contributed by atoms with E-state index in [2.05, 4.69) is 22.4 Å². The van der Waals surface area contributed by atoms with Crippen molar-refractivity contribution in [3.63, 3.8) is 0 Å². The van der Waals surface area contributed by atoms with Gasteiger partial charge in [0.15, 0.2) is 5.82 Å². The number of anilines is 1. The lowest BCUT2D eigenvalue weighted by atomic mass is 9.88. The second-order valence-electron chi connectivity index (χ2n) is 7.60. The number of hydrogen-bond donors (Lipinski definition) is 2. The predicted octanol–water partition coefficient (Wildman–Crippen LogP) is 2.55. The molecule has 11 heteroatoms. The quantitative estimate of drug-likeness (QED) is 0.390. The number of nitrogen functional groups attached to an aromatic ring is 1. The monoisotopic (exact) mass is 451 g/mol. The SMILES string of the molecule is COC(=O)c1c(NC(=O)CSc2nnc([C@@H]3CCCO3)n2N)sc2c1CC[C@@H](C)C2. The molecule has 0 bridgehead atoms. The van der Waals surface area contributed by atoms with E-state index in [0.717, 1.165) is 42.5 Å². The number of hydrogen-bond acceptors (Lipinski definition) is 9. The standard InChI is InChI=1S/C19H25N5O4S2/c1-10-5-6-11-13(8-10)30-17(15(11)18(26)27-2)21-14(25)9-29-19-23-22-16(24(19)20)12-4-3-7-28-12/h10,12H,3-9,20H2,1-2H3,(H,21,25)/t10-,12+/m1/s1. The third-order valence-electron chi connectivity index (χ3n) is 5.40. The number of methoxy groups -OCH3 is 1. The molecule has 1 aliphatic carbocycles. The molecule has 0 radical (unpaired) electrons. The first-order valence-corrected chi connectivity index (χ1v) is 11.8. The number of nitrogens with zero attached hydrogens (tertiary/aromatic N) is 3. The first-order valence-electron chi connectivity index (χ1n) is 9.95. The van der Waals surface area contributed by atoms with E-state index in [-0.39, 0.29) is 17.8 Å². The molecule has 2 atom stereocenters. The van der Waals surface area contributed by atoms with Crippen LogP contribution in [0.25, 0.3) is 0 Å². The molecule has 1 aliphatic heterocycles. The van der Waals surface area contributed by atoms with Crippen LogP contribution in [0.1, 0.15) is 58.9 Å². The third-order valence-corrected chi connectivity index (χ3v) is 7.51. The third kappa shape index (κ3) is 4.19. The molecule has 2 aromatic heterocycles. The van der Waals surface area contributed by atoms with E-state index in [9.17, 15) is 9.59 Å². The number of thioether (sulfide) groups is 1. The molecule has 162 valence electrons. The van der Waals surface area contributed by atoms with Gasteiger partial charge < -0.3 is 20.6 Å². The van der Waals surface area contributed by atoms with E-state index in [1.807, 2.05) is 0 Å². The number of carbonyl (C=O) groups excluding carboxylic acids is 2. The van der Waals surface area contributed by atoms with Crippen LogP contribution in [0.4, 0.5) is 5.00 Å². The average molecular weight is 452 g/mol. The minimum atomic E-state index is -0.409. The number of nitrogens with two attached hydrogens (primary N) is 1.